The molecule has 0 N–H and O–H groups in total. The van der Waals surface area contributed by atoms with Gasteiger partial charge in [0.1, 0.15) is 0 Å². The van der Waals surface area contributed by atoms with Gasteiger partial charge in [-0.05, 0) is 97.1 Å². The lowest BCUT2D eigenvalue weighted by Gasteiger charge is -2.22. The summed E-state index contributed by atoms with van der Waals surface area (Å²) >= 11 is 2.36. The summed E-state index contributed by atoms with van der Waals surface area (Å²) in [6.45, 7) is 4.70. The lowest BCUT2D eigenvalue weighted by atomic mass is 9.81. The number of hydrogen-bond acceptors (Lipinski definition) is 0. The maximum absolute atomic E-state index is 2.39. The molecule has 0 heterocycles. The molecule has 0 bridgehead atoms. The van der Waals surface area contributed by atoms with Crippen molar-refractivity contribution in [1.82, 2.24) is 0 Å². The predicted molar refractivity (Wildman–Crippen MR) is 120 cm³/mol. The van der Waals surface area contributed by atoms with Gasteiger partial charge in [-0.1, -0.05) is 62.4 Å². The maximum Gasteiger partial charge on any atom is 0.0159 e. The standard InChI is InChI=1S/C25H19I/c1-25(2)23-15-19(16-7-10-20(26)11-8-16)9-12-21(23)22-13-17-5-3-4-6-18(17)14-24(22)25/h3-15H,1-2H3. The van der Waals surface area contributed by atoms with Crippen molar-refractivity contribution < 1.29 is 0 Å². The monoisotopic (exact) mass is 446 g/mol. The van der Waals surface area contributed by atoms with Crippen molar-refractivity contribution in [2.45, 2.75) is 19.3 Å². The zero-order valence-corrected chi connectivity index (χ0v) is 17.0. The molecular formula is C25H19I. The highest BCUT2D eigenvalue weighted by molar-refractivity contribution is 14.1. The second-order valence-corrected chi connectivity index (χ2v) is 8.88. The Morgan fingerprint density at radius 1 is 0.615 bits per heavy atom. The molecule has 0 saturated heterocycles. The summed E-state index contributed by atoms with van der Waals surface area (Å²) in [7, 11) is 0. The maximum atomic E-state index is 2.39. The molecule has 5 rings (SSSR count). The minimum absolute atomic E-state index is 0.0217. The molecule has 0 fully saturated rings. The molecule has 0 amide bonds. The van der Waals surface area contributed by atoms with Gasteiger partial charge in [0.15, 0.2) is 0 Å². The summed E-state index contributed by atoms with van der Waals surface area (Å²) in [5.74, 6) is 0. The minimum Gasteiger partial charge on any atom is -0.0616 e. The van der Waals surface area contributed by atoms with E-state index in [1.54, 1.807) is 0 Å². The molecule has 0 radical (unpaired) electrons. The number of benzene rings is 4. The van der Waals surface area contributed by atoms with Gasteiger partial charge in [-0.25, -0.2) is 0 Å². The summed E-state index contributed by atoms with van der Waals surface area (Å²) in [4.78, 5) is 0. The van der Waals surface area contributed by atoms with Crippen molar-refractivity contribution in [3.05, 3.63) is 93.6 Å². The van der Waals surface area contributed by atoms with Gasteiger partial charge in [0.25, 0.3) is 0 Å². The fourth-order valence-electron chi connectivity index (χ4n) is 4.24. The molecule has 0 nitrogen and oxygen atoms in total. The van der Waals surface area contributed by atoms with Gasteiger partial charge in [-0.3, -0.25) is 0 Å². The van der Waals surface area contributed by atoms with Crippen molar-refractivity contribution in [2.75, 3.05) is 0 Å². The molecular weight excluding hydrogens is 427 g/mol. The zero-order chi connectivity index (χ0) is 17.9. The SMILES string of the molecule is CC1(C)c2cc(-c3ccc(I)cc3)ccc2-c2cc3ccccc3cc21. The summed E-state index contributed by atoms with van der Waals surface area (Å²) < 4.78 is 1.27. The summed E-state index contributed by atoms with van der Waals surface area (Å²) in [5, 5.41) is 2.64. The highest BCUT2D eigenvalue weighted by Gasteiger charge is 2.35. The van der Waals surface area contributed by atoms with E-state index >= 15 is 0 Å². The average Bonchev–Trinajstić information content (AvgIpc) is 2.87. The van der Waals surface area contributed by atoms with Crippen LogP contribution in [0.5, 0.6) is 0 Å². The topological polar surface area (TPSA) is 0 Å². The molecule has 4 aromatic carbocycles. The van der Waals surface area contributed by atoms with Crippen LogP contribution in [0.15, 0.2) is 78.9 Å². The number of halogens is 1. The van der Waals surface area contributed by atoms with E-state index < -0.39 is 0 Å². The van der Waals surface area contributed by atoms with Crippen molar-refractivity contribution in [2.24, 2.45) is 0 Å². The Kier molecular flexibility index (Phi) is 3.51. The quantitative estimate of drug-likeness (QED) is 0.267. The molecule has 1 aliphatic carbocycles. The van der Waals surface area contributed by atoms with Crippen molar-refractivity contribution in [3.63, 3.8) is 0 Å². The smallest absolute Gasteiger partial charge is 0.0159 e. The van der Waals surface area contributed by atoms with Crippen LogP contribution in [-0.4, -0.2) is 0 Å². The van der Waals surface area contributed by atoms with Crippen LogP contribution in [0, 0.1) is 3.57 Å². The Labute approximate surface area is 168 Å². The minimum atomic E-state index is 0.0217. The van der Waals surface area contributed by atoms with E-state index in [4.69, 9.17) is 0 Å². The molecule has 0 aliphatic heterocycles. The van der Waals surface area contributed by atoms with E-state index in [0.717, 1.165) is 0 Å². The molecule has 0 saturated carbocycles. The molecule has 1 heteroatoms. The Bertz CT molecular complexity index is 1150. The highest BCUT2D eigenvalue weighted by Crippen LogP contribution is 2.50. The van der Waals surface area contributed by atoms with E-state index in [-0.39, 0.29) is 5.41 Å². The molecule has 0 atom stereocenters. The van der Waals surface area contributed by atoms with E-state index in [1.807, 2.05) is 0 Å². The third kappa shape index (κ3) is 2.34. The Morgan fingerprint density at radius 2 is 1.23 bits per heavy atom. The largest absolute Gasteiger partial charge is 0.0616 e. The Hall–Kier alpha value is -2.13. The van der Waals surface area contributed by atoms with Gasteiger partial charge >= 0.3 is 0 Å². The van der Waals surface area contributed by atoms with Crippen molar-refractivity contribution in [3.8, 4) is 22.3 Å². The van der Waals surface area contributed by atoms with Gasteiger partial charge in [0.2, 0.25) is 0 Å². The average molecular weight is 446 g/mol. The highest BCUT2D eigenvalue weighted by atomic mass is 127. The number of rotatable bonds is 1. The summed E-state index contributed by atoms with van der Waals surface area (Å²) in [6, 6.07) is 29.2. The Morgan fingerprint density at radius 3 is 1.96 bits per heavy atom. The van der Waals surface area contributed by atoms with E-state index in [9.17, 15) is 0 Å². The van der Waals surface area contributed by atoms with Crippen LogP contribution in [0.3, 0.4) is 0 Å². The first-order chi connectivity index (χ1) is 12.5. The number of hydrogen-bond donors (Lipinski definition) is 0. The van der Waals surface area contributed by atoms with Crippen LogP contribution < -0.4 is 0 Å². The number of fused-ring (bicyclic) bond motifs is 4. The summed E-state index contributed by atoms with van der Waals surface area (Å²) in [6.07, 6.45) is 0. The first-order valence-electron chi connectivity index (χ1n) is 8.98. The molecule has 26 heavy (non-hydrogen) atoms. The predicted octanol–water partition coefficient (Wildman–Crippen LogP) is 7.42. The molecule has 1 aliphatic rings. The van der Waals surface area contributed by atoms with E-state index in [2.05, 4.69) is 115 Å². The second kappa shape index (κ2) is 5.68. The first kappa shape index (κ1) is 16.1. The molecule has 0 unspecified atom stereocenters. The van der Waals surface area contributed by atoms with Gasteiger partial charge in [-0.2, -0.15) is 0 Å². The van der Waals surface area contributed by atoms with Crippen LogP contribution in [0.2, 0.25) is 0 Å². The summed E-state index contributed by atoms with van der Waals surface area (Å²) in [5.41, 5.74) is 8.23. The van der Waals surface area contributed by atoms with Crippen molar-refractivity contribution >= 4 is 33.4 Å². The van der Waals surface area contributed by atoms with Crippen LogP contribution in [0.1, 0.15) is 25.0 Å². The Balaban J connectivity index is 1.73. The second-order valence-electron chi connectivity index (χ2n) is 7.64. The van der Waals surface area contributed by atoms with Crippen LogP contribution >= 0.6 is 22.6 Å². The lowest BCUT2D eigenvalue weighted by molar-refractivity contribution is 0.661. The fraction of sp³-hybridized carbons (Fsp3) is 0.120. The normalized spacial score (nSPS) is 14.3. The van der Waals surface area contributed by atoms with Crippen molar-refractivity contribution in [1.29, 1.82) is 0 Å². The first-order valence-corrected chi connectivity index (χ1v) is 10.1. The van der Waals surface area contributed by atoms with Gasteiger partial charge in [0, 0.05) is 8.99 Å². The van der Waals surface area contributed by atoms with Gasteiger partial charge in [0.05, 0.1) is 0 Å². The van der Waals surface area contributed by atoms with E-state index in [0.29, 0.717) is 0 Å². The van der Waals surface area contributed by atoms with Crippen LogP contribution in [0.4, 0.5) is 0 Å². The zero-order valence-electron chi connectivity index (χ0n) is 14.9. The third-order valence-corrected chi connectivity index (χ3v) is 6.44. The third-order valence-electron chi connectivity index (χ3n) is 5.72. The lowest BCUT2D eigenvalue weighted by Crippen LogP contribution is -2.15. The fourth-order valence-corrected chi connectivity index (χ4v) is 4.60. The molecule has 0 spiro atoms. The molecule has 0 aromatic heterocycles. The van der Waals surface area contributed by atoms with Gasteiger partial charge < -0.3 is 0 Å². The van der Waals surface area contributed by atoms with Crippen LogP contribution in [0.25, 0.3) is 33.0 Å². The molecule has 126 valence electrons. The van der Waals surface area contributed by atoms with E-state index in [1.165, 1.54) is 47.7 Å². The molecule has 4 aromatic rings. The van der Waals surface area contributed by atoms with Gasteiger partial charge in [-0.15, -0.1) is 0 Å². The van der Waals surface area contributed by atoms with Crippen LogP contribution in [-0.2, 0) is 5.41 Å².